The maximum Gasteiger partial charge on any atom is 0.243 e. The first-order valence-electron chi connectivity index (χ1n) is 7.80. The number of methoxy groups -OCH3 is 1. The molecule has 0 unspecified atom stereocenters. The lowest BCUT2D eigenvalue weighted by Gasteiger charge is -2.22. The Bertz CT molecular complexity index is 818. The second-order valence-electron chi connectivity index (χ2n) is 5.87. The maximum atomic E-state index is 13.0. The van der Waals surface area contributed by atoms with Crippen LogP contribution in [0, 0.1) is 20.8 Å². The first-order chi connectivity index (χ1) is 11.3. The number of aromatic nitrogens is 1. The van der Waals surface area contributed by atoms with Crippen LogP contribution in [0.1, 0.15) is 22.4 Å². The molecule has 0 atom stereocenters. The molecule has 2 rings (SSSR count). The highest BCUT2D eigenvalue weighted by Gasteiger charge is 2.26. The number of sulfonamides is 1. The topological polar surface area (TPSA) is 59.5 Å². The lowest BCUT2D eigenvalue weighted by atomic mass is 10.1. The number of hydrogen-bond donors (Lipinski definition) is 0. The normalized spacial score (nSPS) is 11.8. The van der Waals surface area contributed by atoms with E-state index in [1.54, 1.807) is 33.3 Å². The number of nitrogens with zero attached hydrogens (tertiary/aromatic N) is 2. The van der Waals surface area contributed by atoms with E-state index in [0.717, 1.165) is 16.8 Å². The molecule has 0 aliphatic rings. The average molecular weight is 348 g/mol. The minimum atomic E-state index is -3.57. The van der Waals surface area contributed by atoms with E-state index in [4.69, 9.17) is 4.74 Å². The van der Waals surface area contributed by atoms with Crippen LogP contribution in [0.4, 0.5) is 0 Å². The molecule has 0 N–H and O–H groups in total. The molecule has 130 valence electrons. The van der Waals surface area contributed by atoms with Crippen molar-refractivity contribution in [3.63, 3.8) is 0 Å². The fourth-order valence-corrected chi connectivity index (χ4v) is 4.37. The van der Waals surface area contributed by atoms with Gasteiger partial charge in [-0.15, -0.1) is 0 Å². The average Bonchev–Trinajstić information content (AvgIpc) is 2.56. The van der Waals surface area contributed by atoms with Crippen molar-refractivity contribution in [2.24, 2.45) is 0 Å². The summed E-state index contributed by atoms with van der Waals surface area (Å²) in [4.78, 5) is 4.60. The summed E-state index contributed by atoms with van der Waals surface area (Å²) < 4.78 is 32.7. The first kappa shape index (κ1) is 18.4. The van der Waals surface area contributed by atoms with Crippen LogP contribution in [-0.4, -0.2) is 38.4 Å². The van der Waals surface area contributed by atoms with Gasteiger partial charge >= 0.3 is 0 Å². The molecule has 0 saturated heterocycles. The zero-order valence-corrected chi connectivity index (χ0v) is 15.6. The second-order valence-corrected chi connectivity index (χ2v) is 7.85. The van der Waals surface area contributed by atoms with Gasteiger partial charge in [0.1, 0.15) is 5.75 Å². The predicted octanol–water partition coefficient (Wildman–Crippen LogP) is 2.88. The van der Waals surface area contributed by atoms with Crippen LogP contribution < -0.4 is 4.74 Å². The highest BCUT2D eigenvalue weighted by molar-refractivity contribution is 7.89. The molecule has 0 aliphatic heterocycles. The van der Waals surface area contributed by atoms with Crippen LogP contribution in [0.5, 0.6) is 5.75 Å². The third-order valence-electron chi connectivity index (χ3n) is 4.28. The number of aryl methyl sites for hydroxylation is 1. The van der Waals surface area contributed by atoms with Crippen molar-refractivity contribution < 1.29 is 13.2 Å². The molecule has 0 fully saturated rings. The molecule has 5 nitrogen and oxygen atoms in total. The van der Waals surface area contributed by atoms with Crippen LogP contribution in [-0.2, 0) is 16.4 Å². The predicted molar refractivity (Wildman–Crippen MR) is 95.0 cm³/mol. The number of pyridine rings is 1. The fraction of sp³-hybridized carbons (Fsp3) is 0.389. The molecule has 0 saturated carbocycles. The lowest BCUT2D eigenvalue weighted by molar-refractivity contribution is 0.410. The van der Waals surface area contributed by atoms with E-state index < -0.39 is 10.0 Å². The zero-order valence-electron chi connectivity index (χ0n) is 14.8. The summed E-state index contributed by atoms with van der Waals surface area (Å²) >= 11 is 0. The van der Waals surface area contributed by atoms with Crippen molar-refractivity contribution in [1.82, 2.24) is 9.29 Å². The largest absolute Gasteiger partial charge is 0.496 e. The summed E-state index contributed by atoms with van der Waals surface area (Å²) in [7, 11) is -0.368. The molecule has 6 heteroatoms. The Kier molecular flexibility index (Phi) is 5.62. The SMILES string of the molecule is COc1cc(C)c(S(=O)(=O)N(C)CCc2ccccn2)c(C)c1C. The molecule has 0 amide bonds. The Labute approximate surface area is 144 Å². The molecule has 0 spiro atoms. The zero-order chi connectivity index (χ0) is 17.9. The van der Waals surface area contributed by atoms with E-state index in [-0.39, 0.29) is 0 Å². The Hall–Kier alpha value is -1.92. The van der Waals surface area contributed by atoms with Gasteiger partial charge in [0, 0.05) is 31.9 Å². The maximum absolute atomic E-state index is 13.0. The molecule has 0 bridgehead atoms. The molecule has 24 heavy (non-hydrogen) atoms. The van der Waals surface area contributed by atoms with Crippen LogP contribution in [0.3, 0.4) is 0 Å². The monoisotopic (exact) mass is 348 g/mol. The summed E-state index contributed by atoms with van der Waals surface area (Å²) in [6, 6.07) is 7.42. The molecular weight excluding hydrogens is 324 g/mol. The van der Waals surface area contributed by atoms with Gasteiger partial charge in [-0.2, -0.15) is 0 Å². The molecule has 1 heterocycles. The van der Waals surface area contributed by atoms with E-state index in [0.29, 0.717) is 29.2 Å². The summed E-state index contributed by atoms with van der Waals surface area (Å²) in [5.74, 6) is 0.708. The molecule has 0 aliphatic carbocycles. The first-order valence-corrected chi connectivity index (χ1v) is 9.24. The van der Waals surface area contributed by atoms with Gasteiger partial charge in [-0.05, 0) is 55.7 Å². The van der Waals surface area contributed by atoms with E-state index in [1.165, 1.54) is 4.31 Å². The van der Waals surface area contributed by atoms with Gasteiger partial charge in [0.05, 0.1) is 12.0 Å². The van der Waals surface area contributed by atoms with Crippen molar-refractivity contribution in [3.8, 4) is 5.75 Å². The summed E-state index contributed by atoms with van der Waals surface area (Å²) in [5.41, 5.74) is 3.15. The third kappa shape index (κ3) is 3.60. The van der Waals surface area contributed by atoms with Crippen LogP contribution in [0.15, 0.2) is 35.4 Å². The van der Waals surface area contributed by atoms with Crippen LogP contribution >= 0.6 is 0 Å². The Morgan fingerprint density at radius 2 is 1.88 bits per heavy atom. The van der Waals surface area contributed by atoms with E-state index >= 15 is 0 Å². The Balaban J connectivity index is 2.31. The highest BCUT2D eigenvalue weighted by Crippen LogP contribution is 2.31. The number of hydrogen-bond acceptors (Lipinski definition) is 4. The van der Waals surface area contributed by atoms with E-state index in [2.05, 4.69) is 4.98 Å². The Morgan fingerprint density at radius 3 is 2.46 bits per heavy atom. The number of likely N-dealkylation sites (N-methyl/N-ethyl adjacent to an activating group) is 1. The van der Waals surface area contributed by atoms with Gasteiger partial charge in [0.2, 0.25) is 10.0 Å². The summed E-state index contributed by atoms with van der Waals surface area (Å²) in [6.07, 6.45) is 2.29. The van der Waals surface area contributed by atoms with Gasteiger partial charge in [0.15, 0.2) is 0 Å². The molecule has 1 aromatic carbocycles. The second kappa shape index (κ2) is 7.32. The highest BCUT2D eigenvalue weighted by atomic mass is 32.2. The quantitative estimate of drug-likeness (QED) is 0.805. The van der Waals surface area contributed by atoms with Crippen molar-refractivity contribution in [2.75, 3.05) is 20.7 Å². The number of benzene rings is 1. The van der Waals surface area contributed by atoms with E-state index in [9.17, 15) is 8.42 Å². The summed E-state index contributed by atoms with van der Waals surface area (Å²) in [6.45, 7) is 5.88. The molecule has 2 aromatic rings. The summed E-state index contributed by atoms with van der Waals surface area (Å²) in [5, 5.41) is 0. The number of ether oxygens (including phenoxy) is 1. The minimum absolute atomic E-state index is 0.365. The molecule has 1 aromatic heterocycles. The van der Waals surface area contributed by atoms with Gasteiger partial charge in [-0.3, -0.25) is 4.98 Å². The molecular formula is C18H24N2O3S. The van der Waals surface area contributed by atoms with Gasteiger partial charge in [-0.25, -0.2) is 12.7 Å². The van der Waals surface area contributed by atoms with Crippen LogP contribution in [0.2, 0.25) is 0 Å². The van der Waals surface area contributed by atoms with Crippen molar-refractivity contribution >= 4 is 10.0 Å². The van der Waals surface area contributed by atoms with E-state index in [1.807, 2.05) is 32.0 Å². The van der Waals surface area contributed by atoms with Crippen molar-refractivity contribution in [2.45, 2.75) is 32.1 Å². The minimum Gasteiger partial charge on any atom is -0.496 e. The van der Waals surface area contributed by atoms with Gasteiger partial charge in [-0.1, -0.05) is 6.07 Å². The number of rotatable bonds is 6. The fourth-order valence-electron chi connectivity index (χ4n) is 2.72. The third-order valence-corrected chi connectivity index (χ3v) is 6.42. The van der Waals surface area contributed by atoms with Crippen molar-refractivity contribution in [1.29, 1.82) is 0 Å². The van der Waals surface area contributed by atoms with Gasteiger partial charge < -0.3 is 4.74 Å². The standard InChI is InChI=1S/C18H24N2O3S/c1-13-12-17(23-5)14(2)15(3)18(13)24(21,22)20(4)11-9-16-8-6-7-10-19-16/h6-8,10,12H,9,11H2,1-5H3. The molecule has 0 radical (unpaired) electrons. The van der Waals surface area contributed by atoms with Gasteiger partial charge in [0.25, 0.3) is 0 Å². The Morgan fingerprint density at radius 1 is 1.17 bits per heavy atom. The lowest BCUT2D eigenvalue weighted by Crippen LogP contribution is -2.30. The van der Waals surface area contributed by atoms with Crippen LogP contribution in [0.25, 0.3) is 0 Å². The smallest absolute Gasteiger partial charge is 0.243 e. The van der Waals surface area contributed by atoms with Crippen molar-refractivity contribution in [3.05, 3.63) is 52.8 Å².